The second-order valence-corrected chi connectivity index (χ2v) is 8.38. The molecule has 0 spiro atoms. The zero-order valence-corrected chi connectivity index (χ0v) is 19.4. The first-order valence-electron chi connectivity index (χ1n) is 11.8. The first-order valence-corrected chi connectivity index (χ1v) is 11.8. The van der Waals surface area contributed by atoms with Crippen LogP contribution in [0.15, 0.2) is 67.5 Å². The summed E-state index contributed by atoms with van der Waals surface area (Å²) in [5.74, 6) is 1.24. The molecule has 1 aromatic carbocycles. The minimum absolute atomic E-state index is 0.427. The number of hydrogen-bond donors (Lipinski definition) is 3. The molecule has 10 nitrogen and oxygen atoms in total. The molecule has 0 bridgehead atoms. The van der Waals surface area contributed by atoms with Crippen LogP contribution < -0.4 is 21.0 Å². The Morgan fingerprint density at radius 1 is 0.886 bits per heavy atom. The summed E-state index contributed by atoms with van der Waals surface area (Å²) in [4.78, 5) is 20.2. The van der Waals surface area contributed by atoms with Crippen molar-refractivity contribution in [3.8, 4) is 16.9 Å². The molecule has 1 fully saturated rings. The van der Waals surface area contributed by atoms with Gasteiger partial charge in [-0.15, -0.1) is 0 Å². The number of hydrogen-bond acceptors (Lipinski definition) is 9. The number of aromatic nitrogens is 5. The van der Waals surface area contributed by atoms with Crippen molar-refractivity contribution in [3.63, 3.8) is 0 Å². The smallest absolute Gasteiger partial charge is 0.223 e. The fourth-order valence-electron chi connectivity index (χ4n) is 4.17. The third kappa shape index (κ3) is 5.49. The number of piperidine rings is 1. The molecule has 0 atom stereocenters. The highest BCUT2D eigenvalue weighted by molar-refractivity contribution is 5.71. The average molecular weight is 471 g/mol. The highest BCUT2D eigenvalue weighted by Crippen LogP contribution is 2.28. The molecule has 0 radical (unpaired) electrons. The molecule has 0 aliphatic carbocycles. The number of imidazole rings is 1. The van der Waals surface area contributed by atoms with Gasteiger partial charge < -0.3 is 30.8 Å². The largest absolute Gasteiger partial charge is 0.761 e. The van der Waals surface area contributed by atoms with Crippen LogP contribution >= 0.6 is 0 Å². The molecule has 0 amide bonds. The van der Waals surface area contributed by atoms with Gasteiger partial charge in [0.25, 0.3) is 0 Å². The molecule has 10 heteroatoms. The molecule has 1 aliphatic rings. The lowest BCUT2D eigenvalue weighted by Crippen LogP contribution is -2.29. The van der Waals surface area contributed by atoms with Gasteiger partial charge in [-0.25, -0.2) is 19.9 Å². The van der Waals surface area contributed by atoms with E-state index in [1.165, 1.54) is 31.1 Å². The van der Waals surface area contributed by atoms with Gasteiger partial charge in [0.2, 0.25) is 5.95 Å². The van der Waals surface area contributed by atoms with Crippen molar-refractivity contribution in [1.82, 2.24) is 24.5 Å². The highest BCUT2D eigenvalue weighted by atomic mass is 16.5. The van der Waals surface area contributed by atoms with Crippen LogP contribution in [0.2, 0.25) is 0 Å². The molecule has 35 heavy (non-hydrogen) atoms. The molecular weight excluding hydrogens is 442 g/mol. The Hall–Kier alpha value is -4.18. The van der Waals surface area contributed by atoms with Crippen molar-refractivity contribution in [2.75, 3.05) is 47.2 Å². The van der Waals surface area contributed by atoms with E-state index < -0.39 is 0 Å². The van der Waals surface area contributed by atoms with E-state index in [0.717, 1.165) is 30.0 Å². The van der Waals surface area contributed by atoms with Gasteiger partial charge in [0.05, 0.1) is 30.1 Å². The lowest BCUT2D eigenvalue weighted by Gasteiger charge is -2.28. The maximum Gasteiger partial charge on any atom is 0.223 e. The molecule has 3 N–H and O–H groups in total. The van der Waals surface area contributed by atoms with Crippen molar-refractivity contribution in [1.29, 1.82) is 0 Å². The summed E-state index contributed by atoms with van der Waals surface area (Å²) in [7, 11) is 0. The van der Waals surface area contributed by atoms with Crippen molar-refractivity contribution < 1.29 is 0 Å². The van der Waals surface area contributed by atoms with E-state index in [1.807, 2.05) is 22.4 Å². The first kappa shape index (κ1) is 22.6. The monoisotopic (exact) mass is 470 g/mol. The summed E-state index contributed by atoms with van der Waals surface area (Å²) in [6.07, 6.45) is 12.5. The molecule has 0 saturated carbocycles. The molecular formula is C25H28N9O-. The Kier molecular flexibility index (Phi) is 7.00. The Balaban J connectivity index is 1.30. The zero-order chi connectivity index (χ0) is 23.9. The fraction of sp³-hybridized carbons (Fsp3) is 0.280. The van der Waals surface area contributed by atoms with Gasteiger partial charge in [0.15, 0.2) is 0 Å². The van der Waals surface area contributed by atoms with Gasteiger partial charge in [0.1, 0.15) is 5.82 Å². The Bertz CT molecular complexity index is 1200. The molecule has 3 aromatic heterocycles. The van der Waals surface area contributed by atoms with Crippen molar-refractivity contribution >= 4 is 23.1 Å². The van der Waals surface area contributed by atoms with Gasteiger partial charge in [-0.2, -0.15) is 0 Å². The van der Waals surface area contributed by atoms with Crippen molar-refractivity contribution in [3.05, 3.63) is 72.7 Å². The topological polar surface area (TPSA) is 119 Å². The van der Waals surface area contributed by atoms with E-state index in [-0.39, 0.29) is 0 Å². The summed E-state index contributed by atoms with van der Waals surface area (Å²) in [6.45, 7) is 3.44. The Morgan fingerprint density at radius 2 is 1.71 bits per heavy atom. The molecule has 180 valence electrons. The summed E-state index contributed by atoms with van der Waals surface area (Å²) in [6, 6.07) is 12.0. The van der Waals surface area contributed by atoms with Gasteiger partial charge in [-0.3, -0.25) is 0 Å². The predicted octanol–water partition coefficient (Wildman–Crippen LogP) is 4.15. The van der Waals surface area contributed by atoms with Crippen LogP contribution in [0.1, 0.15) is 19.3 Å². The minimum Gasteiger partial charge on any atom is -0.761 e. The third-order valence-corrected chi connectivity index (χ3v) is 6.01. The quantitative estimate of drug-likeness (QED) is 0.245. The van der Waals surface area contributed by atoms with E-state index in [1.54, 1.807) is 24.7 Å². The number of pyridine rings is 1. The van der Waals surface area contributed by atoms with E-state index in [9.17, 15) is 5.21 Å². The molecule has 1 saturated heterocycles. The minimum atomic E-state index is 0.427. The molecule has 4 heterocycles. The Labute approximate surface area is 204 Å². The van der Waals surface area contributed by atoms with Crippen LogP contribution in [-0.4, -0.2) is 50.7 Å². The van der Waals surface area contributed by atoms with Gasteiger partial charge in [-0.05, 0) is 43.5 Å². The SMILES string of the molecule is [O-]Nc1ccc(NCCNc2ncc(-n3ccnc3)c(-c3ccc(N4CCCCC4)cc3)n2)nc1. The van der Waals surface area contributed by atoms with Crippen molar-refractivity contribution in [2.24, 2.45) is 0 Å². The molecule has 4 aromatic rings. The van der Waals surface area contributed by atoms with E-state index >= 15 is 0 Å². The summed E-state index contributed by atoms with van der Waals surface area (Å²) >= 11 is 0. The van der Waals surface area contributed by atoms with Crippen LogP contribution in [0.4, 0.5) is 23.1 Å². The third-order valence-electron chi connectivity index (χ3n) is 6.01. The predicted molar refractivity (Wildman–Crippen MR) is 139 cm³/mol. The first-order chi connectivity index (χ1) is 17.3. The summed E-state index contributed by atoms with van der Waals surface area (Å²) < 4.78 is 1.92. The maximum absolute atomic E-state index is 10.6. The van der Waals surface area contributed by atoms with Crippen LogP contribution in [0, 0.1) is 5.21 Å². The number of nitrogens with one attached hydrogen (secondary N) is 3. The second-order valence-electron chi connectivity index (χ2n) is 8.38. The zero-order valence-electron chi connectivity index (χ0n) is 19.4. The van der Waals surface area contributed by atoms with Crippen LogP contribution in [-0.2, 0) is 0 Å². The number of nitrogens with zero attached hydrogens (tertiary/aromatic N) is 6. The highest BCUT2D eigenvalue weighted by Gasteiger charge is 2.14. The Morgan fingerprint density at radius 3 is 2.43 bits per heavy atom. The number of benzene rings is 1. The average Bonchev–Trinajstić information content (AvgIpc) is 3.47. The molecule has 5 rings (SSSR count). The van der Waals surface area contributed by atoms with E-state index in [4.69, 9.17) is 4.98 Å². The summed E-state index contributed by atoms with van der Waals surface area (Å²) in [5, 5.41) is 17.1. The maximum atomic E-state index is 10.6. The molecule has 0 unspecified atom stereocenters. The van der Waals surface area contributed by atoms with Crippen LogP contribution in [0.3, 0.4) is 0 Å². The lowest BCUT2D eigenvalue weighted by atomic mass is 10.1. The van der Waals surface area contributed by atoms with Crippen molar-refractivity contribution in [2.45, 2.75) is 19.3 Å². The lowest BCUT2D eigenvalue weighted by molar-refractivity contribution is 0.578. The summed E-state index contributed by atoms with van der Waals surface area (Å²) in [5.41, 5.74) is 6.23. The number of anilines is 4. The van der Waals surface area contributed by atoms with E-state index in [0.29, 0.717) is 30.5 Å². The number of rotatable bonds is 9. The van der Waals surface area contributed by atoms with Crippen LogP contribution in [0.25, 0.3) is 16.9 Å². The van der Waals surface area contributed by atoms with Gasteiger partial charge >= 0.3 is 0 Å². The molecule has 1 aliphatic heterocycles. The standard InChI is InChI=1S/C25H28N9O/c35-32-20-6-9-23(29-16-20)27-10-11-28-25-30-17-22(34-15-12-26-18-34)24(31-25)19-4-7-21(8-5-19)33-13-2-1-3-14-33/h4-9,12,15-18,32H,1-3,10-11,13-14H2,(H,27,29)(H,28,30,31)/q-1. The fourth-order valence-corrected chi connectivity index (χ4v) is 4.17. The van der Waals surface area contributed by atoms with Gasteiger partial charge in [0, 0.05) is 55.5 Å². The second kappa shape index (κ2) is 10.8. The normalized spacial score (nSPS) is 13.5. The van der Waals surface area contributed by atoms with Gasteiger partial charge in [-0.1, -0.05) is 12.1 Å². The van der Waals surface area contributed by atoms with E-state index in [2.05, 4.69) is 54.8 Å². The van der Waals surface area contributed by atoms with Crippen LogP contribution in [0.5, 0.6) is 0 Å².